The van der Waals surface area contributed by atoms with Crippen molar-refractivity contribution >= 4 is 13.3 Å². The molecule has 0 aromatic carbocycles. The van der Waals surface area contributed by atoms with Gasteiger partial charge in [0.1, 0.15) is 6.29 Å². The lowest BCUT2D eigenvalue weighted by molar-refractivity contribution is -0.110. The number of aldehydes is 1. The van der Waals surface area contributed by atoms with Gasteiger partial charge in [-0.25, -0.2) is 0 Å². The molecule has 1 N–H and O–H groups in total. The van der Waals surface area contributed by atoms with Crippen LogP contribution in [0.15, 0.2) is 0 Å². The van der Waals surface area contributed by atoms with Crippen LogP contribution >= 0.6 is 0 Å². The molecule has 0 aromatic rings. The van der Waals surface area contributed by atoms with Gasteiger partial charge in [-0.15, -0.1) is 0 Å². The van der Waals surface area contributed by atoms with Gasteiger partial charge in [0, 0.05) is 0 Å². The van der Waals surface area contributed by atoms with Gasteiger partial charge in [0.15, 0.2) is 0 Å². The maximum atomic E-state index is 10.5. The third-order valence-corrected chi connectivity index (χ3v) is 2.23. The molecule has 11 heavy (non-hydrogen) atoms. The summed E-state index contributed by atoms with van der Waals surface area (Å²) in [6.07, 6.45) is 1.81. The van der Waals surface area contributed by atoms with Crippen LogP contribution < -0.4 is 0 Å². The van der Waals surface area contributed by atoms with Crippen molar-refractivity contribution in [3.05, 3.63) is 0 Å². The summed E-state index contributed by atoms with van der Waals surface area (Å²) < 4.78 is 0. The second-order valence-corrected chi connectivity index (χ2v) is 3.37. The molecule has 0 saturated carbocycles. The molecule has 1 heterocycles. The quantitative estimate of drug-likeness (QED) is 0.450. The molecular formula is C7H14BNO2. The number of hydrogen-bond donors (Lipinski definition) is 1. The minimum atomic E-state index is -0.491. The SMILES string of the molecule is CB(O)N1C[C@H](C)C[C@H]1C=O. The monoisotopic (exact) mass is 155 g/mol. The zero-order valence-electron chi connectivity index (χ0n) is 7.03. The summed E-state index contributed by atoms with van der Waals surface area (Å²) in [7, 11) is -0.491. The molecule has 0 unspecified atom stereocenters. The molecule has 1 saturated heterocycles. The third-order valence-electron chi connectivity index (χ3n) is 2.23. The van der Waals surface area contributed by atoms with Gasteiger partial charge in [-0.1, -0.05) is 6.92 Å². The number of nitrogens with zero attached hydrogens (tertiary/aromatic N) is 1. The van der Waals surface area contributed by atoms with Crippen molar-refractivity contribution in [2.75, 3.05) is 6.54 Å². The topological polar surface area (TPSA) is 40.5 Å². The van der Waals surface area contributed by atoms with E-state index in [1.165, 1.54) is 0 Å². The molecule has 1 rings (SSSR count). The second-order valence-electron chi connectivity index (χ2n) is 3.37. The Morgan fingerprint density at radius 2 is 2.36 bits per heavy atom. The normalized spacial score (nSPS) is 32.3. The molecule has 4 heteroatoms. The van der Waals surface area contributed by atoms with Gasteiger partial charge in [-0.3, -0.25) is 0 Å². The number of rotatable bonds is 2. The zero-order chi connectivity index (χ0) is 8.43. The van der Waals surface area contributed by atoms with Crippen LogP contribution in [0.25, 0.3) is 0 Å². The highest BCUT2D eigenvalue weighted by atomic mass is 16.2. The second kappa shape index (κ2) is 3.37. The minimum absolute atomic E-state index is 0.0648. The van der Waals surface area contributed by atoms with E-state index in [-0.39, 0.29) is 6.04 Å². The summed E-state index contributed by atoms with van der Waals surface area (Å²) >= 11 is 0. The van der Waals surface area contributed by atoms with Crippen molar-refractivity contribution < 1.29 is 9.82 Å². The van der Waals surface area contributed by atoms with E-state index in [4.69, 9.17) is 0 Å². The van der Waals surface area contributed by atoms with E-state index in [1.54, 1.807) is 6.82 Å². The van der Waals surface area contributed by atoms with Crippen molar-refractivity contribution in [2.24, 2.45) is 5.92 Å². The molecule has 0 spiro atoms. The Balaban J connectivity index is 2.57. The molecule has 0 radical (unpaired) electrons. The molecule has 0 aromatic heterocycles. The van der Waals surface area contributed by atoms with E-state index in [2.05, 4.69) is 6.92 Å². The van der Waals surface area contributed by atoms with Gasteiger partial charge < -0.3 is 14.6 Å². The smallest absolute Gasteiger partial charge is 0.377 e. The van der Waals surface area contributed by atoms with Crippen molar-refractivity contribution in [3.8, 4) is 0 Å². The molecule has 0 aliphatic carbocycles. The predicted molar refractivity (Wildman–Crippen MR) is 44.2 cm³/mol. The van der Waals surface area contributed by atoms with Crippen LogP contribution in [0.2, 0.25) is 6.82 Å². The molecule has 1 fully saturated rings. The molecule has 2 atom stereocenters. The van der Waals surface area contributed by atoms with E-state index in [0.717, 1.165) is 19.3 Å². The Bertz CT molecular complexity index is 151. The van der Waals surface area contributed by atoms with Crippen LogP contribution in [0.4, 0.5) is 0 Å². The standard InChI is InChI=1S/C7H14BNO2/c1-6-3-7(5-10)9(4-6)8(2)11/h5-7,11H,3-4H2,1-2H3/t6-,7+/m1/s1. The predicted octanol–water partition coefficient (Wildman–Crippen LogP) is 0.00600. The summed E-state index contributed by atoms with van der Waals surface area (Å²) in [6.45, 7) is 4.63. The van der Waals surface area contributed by atoms with E-state index < -0.39 is 7.05 Å². The molecule has 1 aliphatic rings. The average molecular weight is 155 g/mol. The van der Waals surface area contributed by atoms with E-state index >= 15 is 0 Å². The lowest BCUT2D eigenvalue weighted by atomic mass is 9.84. The Morgan fingerprint density at radius 3 is 2.73 bits per heavy atom. The maximum Gasteiger partial charge on any atom is 0.377 e. The van der Waals surface area contributed by atoms with Crippen molar-refractivity contribution in [1.29, 1.82) is 0 Å². The highest BCUT2D eigenvalue weighted by Crippen LogP contribution is 2.21. The fourth-order valence-electron chi connectivity index (χ4n) is 1.68. The van der Waals surface area contributed by atoms with Crippen LogP contribution in [0.1, 0.15) is 13.3 Å². The molecule has 0 amide bonds. The van der Waals surface area contributed by atoms with Crippen molar-refractivity contribution in [3.63, 3.8) is 0 Å². The first-order valence-corrected chi connectivity index (χ1v) is 4.04. The van der Waals surface area contributed by atoms with Crippen LogP contribution in [0.5, 0.6) is 0 Å². The Labute approximate surface area is 67.5 Å². The highest BCUT2D eigenvalue weighted by Gasteiger charge is 2.33. The van der Waals surface area contributed by atoms with E-state index in [9.17, 15) is 9.82 Å². The Hall–Kier alpha value is -0.345. The maximum absolute atomic E-state index is 10.5. The first-order valence-electron chi connectivity index (χ1n) is 4.04. The summed E-state index contributed by atoms with van der Waals surface area (Å²) in [6, 6.07) is -0.0648. The van der Waals surface area contributed by atoms with Crippen LogP contribution in [0, 0.1) is 5.92 Å². The fraction of sp³-hybridized carbons (Fsp3) is 0.857. The van der Waals surface area contributed by atoms with Gasteiger partial charge in [0.05, 0.1) is 6.04 Å². The van der Waals surface area contributed by atoms with E-state index in [0.29, 0.717) is 5.92 Å². The average Bonchev–Trinajstić information content (AvgIpc) is 2.30. The largest absolute Gasteiger partial charge is 0.437 e. The molecule has 3 nitrogen and oxygen atoms in total. The van der Waals surface area contributed by atoms with Crippen LogP contribution in [0.3, 0.4) is 0 Å². The van der Waals surface area contributed by atoms with Gasteiger partial charge in [-0.2, -0.15) is 0 Å². The van der Waals surface area contributed by atoms with Crippen molar-refractivity contribution in [2.45, 2.75) is 26.2 Å². The van der Waals surface area contributed by atoms with Gasteiger partial charge >= 0.3 is 7.05 Å². The summed E-state index contributed by atoms with van der Waals surface area (Å²) in [5.74, 6) is 0.528. The number of carbonyl (C=O) groups is 1. The van der Waals surface area contributed by atoms with Crippen LogP contribution in [-0.4, -0.2) is 35.8 Å². The molecular weight excluding hydrogens is 141 g/mol. The minimum Gasteiger partial charge on any atom is -0.437 e. The fourth-order valence-corrected chi connectivity index (χ4v) is 1.68. The summed E-state index contributed by atoms with van der Waals surface area (Å²) in [4.78, 5) is 12.3. The number of carbonyl (C=O) groups excluding carboxylic acids is 1. The van der Waals surface area contributed by atoms with E-state index in [1.807, 2.05) is 4.81 Å². The van der Waals surface area contributed by atoms with Gasteiger partial charge in [0.2, 0.25) is 0 Å². The molecule has 0 bridgehead atoms. The first-order chi connectivity index (χ1) is 5.15. The van der Waals surface area contributed by atoms with Gasteiger partial charge in [-0.05, 0) is 25.7 Å². The lowest BCUT2D eigenvalue weighted by Gasteiger charge is -2.20. The molecule has 1 aliphatic heterocycles. The first kappa shape index (κ1) is 8.75. The Morgan fingerprint density at radius 1 is 1.73 bits per heavy atom. The lowest BCUT2D eigenvalue weighted by Crippen LogP contribution is -2.41. The third kappa shape index (κ3) is 1.82. The molecule has 62 valence electrons. The Kier molecular flexibility index (Phi) is 2.68. The van der Waals surface area contributed by atoms with Crippen LogP contribution in [-0.2, 0) is 4.79 Å². The number of hydrogen-bond acceptors (Lipinski definition) is 3. The zero-order valence-corrected chi connectivity index (χ0v) is 7.03. The van der Waals surface area contributed by atoms with Gasteiger partial charge in [0.25, 0.3) is 0 Å². The van der Waals surface area contributed by atoms with Crippen molar-refractivity contribution in [1.82, 2.24) is 4.81 Å². The summed E-state index contributed by atoms with van der Waals surface area (Å²) in [5, 5.41) is 9.24. The highest BCUT2D eigenvalue weighted by molar-refractivity contribution is 6.45. The summed E-state index contributed by atoms with van der Waals surface area (Å²) in [5.41, 5.74) is 0.